The summed E-state index contributed by atoms with van der Waals surface area (Å²) in [5.41, 5.74) is 7.02. The van der Waals surface area contributed by atoms with Crippen molar-refractivity contribution in [2.24, 2.45) is 0 Å². The van der Waals surface area contributed by atoms with Crippen LogP contribution in [0.1, 0.15) is 12.5 Å². The first-order valence-corrected chi connectivity index (χ1v) is 6.38. The molecule has 0 amide bonds. The molecule has 0 fully saturated rings. The number of nitrogen functional groups attached to an aromatic ring is 1. The largest absolute Gasteiger partial charge is 0.396 e. The van der Waals surface area contributed by atoms with E-state index in [1.807, 2.05) is 0 Å². The summed E-state index contributed by atoms with van der Waals surface area (Å²) in [6, 6.07) is 1.35. The molecule has 1 aliphatic carbocycles. The molecule has 7 nitrogen and oxygen atoms in total. The van der Waals surface area contributed by atoms with Crippen molar-refractivity contribution in [2.75, 3.05) is 12.3 Å². The van der Waals surface area contributed by atoms with Crippen LogP contribution in [-0.2, 0) is 0 Å². The molecule has 2 heterocycles. The van der Waals surface area contributed by atoms with Crippen LogP contribution in [0.15, 0.2) is 30.2 Å². The summed E-state index contributed by atoms with van der Waals surface area (Å²) in [4.78, 5) is 8.10. The number of fused-ring (bicyclic) bond motifs is 1. The molecule has 0 spiro atoms. The van der Waals surface area contributed by atoms with Gasteiger partial charge in [-0.2, -0.15) is 0 Å². The van der Waals surface area contributed by atoms with Crippen molar-refractivity contribution < 1.29 is 15.3 Å². The fourth-order valence-corrected chi connectivity index (χ4v) is 2.66. The van der Waals surface area contributed by atoms with Gasteiger partial charge in [-0.3, -0.25) is 0 Å². The van der Waals surface area contributed by atoms with E-state index in [0.29, 0.717) is 28.8 Å². The Hall–Kier alpha value is -1.96. The van der Waals surface area contributed by atoms with Gasteiger partial charge in [0.15, 0.2) is 0 Å². The zero-order chi connectivity index (χ0) is 14.3. The smallest absolute Gasteiger partial charge is 0.146 e. The van der Waals surface area contributed by atoms with Crippen LogP contribution in [0.2, 0.25) is 0 Å². The summed E-state index contributed by atoms with van der Waals surface area (Å²) >= 11 is 0. The molecule has 2 aromatic rings. The first-order valence-electron chi connectivity index (χ1n) is 6.38. The molecule has 0 bridgehead atoms. The molecule has 0 saturated carbocycles. The Bertz CT molecular complexity index is 667. The van der Waals surface area contributed by atoms with Gasteiger partial charge >= 0.3 is 0 Å². The third kappa shape index (κ3) is 1.87. The summed E-state index contributed by atoms with van der Waals surface area (Å²) in [5, 5.41) is 29.8. The van der Waals surface area contributed by atoms with Gasteiger partial charge in [0.1, 0.15) is 30.0 Å². The van der Waals surface area contributed by atoms with Crippen LogP contribution in [0.4, 0.5) is 5.82 Å². The minimum absolute atomic E-state index is 0.0656. The standard InChI is InChI=1S/C13H16N4O3/c14-12-8-1-3-17(13(8)16-6-15-12)9-5-7(2-4-18)10(19)11(9)20/h1,3,5-6,9-11,18-20H,2,4H2,(H2,14,15,16)/t9?,10-,11+/m1/s1. The lowest BCUT2D eigenvalue weighted by atomic mass is 10.1. The normalized spacial score (nSPS) is 26.1. The van der Waals surface area contributed by atoms with Crippen LogP contribution in [0.5, 0.6) is 0 Å². The Balaban J connectivity index is 2.05. The van der Waals surface area contributed by atoms with E-state index in [1.54, 1.807) is 22.9 Å². The van der Waals surface area contributed by atoms with Crippen molar-refractivity contribution in [1.29, 1.82) is 0 Å². The van der Waals surface area contributed by atoms with Crippen molar-refractivity contribution in [1.82, 2.24) is 14.5 Å². The van der Waals surface area contributed by atoms with Gasteiger partial charge in [-0.1, -0.05) is 6.08 Å². The van der Waals surface area contributed by atoms with Gasteiger partial charge in [-0.15, -0.1) is 0 Å². The maximum Gasteiger partial charge on any atom is 0.146 e. The highest BCUT2D eigenvalue weighted by Gasteiger charge is 2.35. The SMILES string of the molecule is Nc1ncnc2c1ccn2C1C=C(CCO)[C@@H](O)[C@H]1O. The summed E-state index contributed by atoms with van der Waals surface area (Å²) < 4.78 is 1.76. The van der Waals surface area contributed by atoms with E-state index in [-0.39, 0.29) is 6.61 Å². The minimum atomic E-state index is -0.969. The fourth-order valence-electron chi connectivity index (χ4n) is 2.66. The molecule has 0 radical (unpaired) electrons. The summed E-state index contributed by atoms with van der Waals surface area (Å²) in [7, 11) is 0. The summed E-state index contributed by atoms with van der Waals surface area (Å²) in [5.74, 6) is 0.376. The molecular weight excluding hydrogens is 260 g/mol. The minimum Gasteiger partial charge on any atom is -0.396 e. The number of aliphatic hydroxyl groups is 3. The number of aliphatic hydroxyl groups excluding tert-OH is 3. The lowest BCUT2D eigenvalue weighted by Crippen LogP contribution is -2.29. The third-order valence-electron chi connectivity index (χ3n) is 3.70. The highest BCUT2D eigenvalue weighted by molar-refractivity contribution is 5.86. The molecule has 106 valence electrons. The Morgan fingerprint density at radius 1 is 1.30 bits per heavy atom. The van der Waals surface area contributed by atoms with Crippen molar-refractivity contribution in [3.63, 3.8) is 0 Å². The number of anilines is 1. The van der Waals surface area contributed by atoms with Gasteiger partial charge < -0.3 is 25.6 Å². The first kappa shape index (κ1) is 13.0. The van der Waals surface area contributed by atoms with E-state index >= 15 is 0 Å². The van der Waals surface area contributed by atoms with E-state index in [9.17, 15) is 10.2 Å². The Morgan fingerprint density at radius 3 is 2.85 bits per heavy atom. The van der Waals surface area contributed by atoms with Gasteiger partial charge in [0.05, 0.1) is 11.4 Å². The molecule has 2 aromatic heterocycles. The average molecular weight is 276 g/mol. The molecule has 0 saturated heterocycles. The lowest BCUT2D eigenvalue weighted by molar-refractivity contribution is 0.0308. The third-order valence-corrected chi connectivity index (χ3v) is 3.70. The van der Waals surface area contributed by atoms with Crippen LogP contribution in [-0.4, -0.2) is 48.7 Å². The lowest BCUT2D eigenvalue weighted by Gasteiger charge is -2.19. The topological polar surface area (TPSA) is 117 Å². The molecule has 3 rings (SSSR count). The second kappa shape index (κ2) is 4.86. The maximum absolute atomic E-state index is 10.2. The van der Waals surface area contributed by atoms with E-state index in [2.05, 4.69) is 9.97 Å². The molecular formula is C13H16N4O3. The van der Waals surface area contributed by atoms with Gasteiger partial charge in [0.25, 0.3) is 0 Å². The molecule has 1 aliphatic rings. The van der Waals surface area contributed by atoms with Gasteiger partial charge in [-0.25, -0.2) is 9.97 Å². The number of nitrogens with zero attached hydrogens (tertiary/aromatic N) is 3. The number of nitrogens with two attached hydrogens (primary N) is 1. The monoisotopic (exact) mass is 276 g/mol. The zero-order valence-electron chi connectivity index (χ0n) is 10.7. The van der Waals surface area contributed by atoms with Crippen LogP contribution >= 0.6 is 0 Å². The summed E-state index contributed by atoms with van der Waals surface area (Å²) in [6.07, 6.45) is 3.29. The van der Waals surface area contributed by atoms with Crippen LogP contribution in [0.25, 0.3) is 11.0 Å². The van der Waals surface area contributed by atoms with Crippen molar-refractivity contribution in [3.05, 3.63) is 30.2 Å². The molecule has 5 N–H and O–H groups in total. The van der Waals surface area contributed by atoms with Gasteiger partial charge in [0, 0.05) is 12.8 Å². The predicted molar refractivity (Wildman–Crippen MR) is 72.8 cm³/mol. The molecule has 3 atom stereocenters. The quantitative estimate of drug-likeness (QED) is 0.567. The average Bonchev–Trinajstić information content (AvgIpc) is 2.97. The Kier molecular flexibility index (Phi) is 3.17. The van der Waals surface area contributed by atoms with Gasteiger partial charge in [0.2, 0.25) is 0 Å². The zero-order valence-corrected chi connectivity index (χ0v) is 10.7. The molecule has 20 heavy (non-hydrogen) atoms. The van der Waals surface area contributed by atoms with E-state index < -0.39 is 18.2 Å². The Labute approximate surface area is 115 Å². The molecule has 1 unspecified atom stereocenters. The second-order valence-corrected chi connectivity index (χ2v) is 4.86. The fraction of sp³-hybridized carbons (Fsp3) is 0.385. The van der Waals surface area contributed by atoms with Crippen LogP contribution in [0.3, 0.4) is 0 Å². The van der Waals surface area contributed by atoms with Crippen molar-refractivity contribution in [2.45, 2.75) is 24.7 Å². The first-order chi connectivity index (χ1) is 9.63. The number of hydrogen-bond acceptors (Lipinski definition) is 6. The molecule has 0 aliphatic heterocycles. The highest BCUT2D eigenvalue weighted by atomic mass is 16.3. The highest BCUT2D eigenvalue weighted by Crippen LogP contribution is 2.33. The van der Waals surface area contributed by atoms with Crippen LogP contribution < -0.4 is 5.73 Å². The van der Waals surface area contributed by atoms with E-state index in [0.717, 1.165) is 0 Å². The molecule has 7 heteroatoms. The predicted octanol–water partition coefficient (Wildman–Crippen LogP) is -0.401. The van der Waals surface area contributed by atoms with Crippen LogP contribution in [0, 0.1) is 0 Å². The van der Waals surface area contributed by atoms with E-state index in [4.69, 9.17) is 10.8 Å². The Morgan fingerprint density at radius 2 is 2.10 bits per heavy atom. The number of hydrogen-bond donors (Lipinski definition) is 4. The van der Waals surface area contributed by atoms with E-state index in [1.165, 1.54) is 6.33 Å². The van der Waals surface area contributed by atoms with Crippen molar-refractivity contribution in [3.8, 4) is 0 Å². The van der Waals surface area contributed by atoms with Crippen molar-refractivity contribution >= 4 is 16.9 Å². The molecule has 0 aromatic carbocycles. The number of rotatable bonds is 3. The number of aromatic nitrogens is 3. The maximum atomic E-state index is 10.2. The van der Waals surface area contributed by atoms with Gasteiger partial charge in [-0.05, 0) is 18.1 Å². The summed E-state index contributed by atoms with van der Waals surface area (Å²) in [6.45, 7) is -0.0656. The second-order valence-electron chi connectivity index (χ2n) is 4.86.